The maximum Gasteiger partial charge on any atom is 0.167 e. The van der Waals surface area contributed by atoms with E-state index in [1.54, 1.807) is 14.2 Å². The lowest BCUT2D eigenvalue weighted by Gasteiger charge is -2.35. The average Bonchev–Trinajstić information content (AvgIpc) is 3.03. The highest BCUT2D eigenvalue weighted by molar-refractivity contribution is 6.03. The molecule has 0 aromatic heterocycles. The third-order valence-electron chi connectivity index (χ3n) is 5.90. The highest BCUT2D eigenvalue weighted by Gasteiger charge is 2.33. The number of hydrogen-bond donors (Lipinski definition) is 0. The Balaban J connectivity index is 0.00000160. The minimum absolute atomic E-state index is 0. The van der Waals surface area contributed by atoms with Crippen molar-refractivity contribution in [2.24, 2.45) is 5.92 Å². The van der Waals surface area contributed by atoms with Gasteiger partial charge in [-0.1, -0.05) is 30.3 Å². The summed E-state index contributed by atoms with van der Waals surface area (Å²) >= 11 is 0. The SMILES string of the molecule is COc1cc2c(cc1OC)C(=O)C(CN1CCN(Cc3ccccc3)CC1)C2.Cl.Cl. The molecule has 2 aromatic carbocycles. The van der Waals surface area contributed by atoms with Crippen LogP contribution in [0.25, 0.3) is 0 Å². The summed E-state index contributed by atoms with van der Waals surface area (Å²) in [4.78, 5) is 17.8. The van der Waals surface area contributed by atoms with Crippen LogP contribution in [0.2, 0.25) is 0 Å². The van der Waals surface area contributed by atoms with E-state index in [1.165, 1.54) is 5.56 Å². The summed E-state index contributed by atoms with van der Waals surface area (Å²) in [6.45, 7) is 5.95. The minimum atomic E-state index is 0. The first-order valence-electron chi connectivity index (χ1n) is 9.95. The van der Waals surface area contributed by atoms with E-state index in [9.17, 15) is 4.79 Å². The van der Waals surface area contributed by atoms with Crippen LogP contribution in [0, 0.1) is 5.92 Å². The number of methoxy groups -OCH3 is 2. The maximum absolute atomic E-state index is 12.9. The van der Waals surface area contributed by atoms with Crippen molar-refractivity contribution < 1.29 is 14.3 Å². The third-order valence-corrected chi connectivity index (χ3v) is 5.90. The Morgan fingerprint density at radius 3 is 2.13 bits per heavy atom. The van der Waals surface area contributed by atoms with Gasteiger partial charge < -0.3 is 14.4 Å². The van der Waals surface area contributed by atoms with E-state index in [0.29, 0.717) is 11.5 Å². The number of ketones is 1. The van der Waals surface area contributed by atoms with Crippen LogP contribution in [0.3, 0.4) is 0 Å². The molecular weight excluding hydrogens is 423 g/mol. The molecule has 1 aliphatic carbocycles. The highest BCUT2D eigenvalue weighted by Crippen LogP contribution is 2.37. The minimum Gasteiger partial charge on any atom is -0.493 e. The van der Waals surface area contributed by atoms with E-state index < -0.39 is 0 Å². The molecule has 0 saturated carbocycles. The Labute approximate surface area is 191 Å². The van der Waals surface area contributed by atoms with Gasteiger partial charge in [-0.2, -0.15) is 0 Å². The lowest BCUT2D eigenvalue weighted by molar-refractivity contribution is 0.0829. The van der Waals surface area contributed by atoms with E-state index in [4.69, 9.17) is 9.47 Å². The van der Waals surface area contributed by atoms with E-state index in [-0.39, 0.29) is 36.5 Å². The van der Waals surface area contributed by atoms with E-state index in [0.717, 1.165) is 56.8 Å². The number of fused-ring (bicyclic) bond motifs is 1. The zero-order valence-corrected chi connectivity index (χ0v) is 19.1. The quantitative estimate of drug-likeness (QED) is 0.667. The fourth-order valence-electron chi connectivity index (χ4n) is 4.33. The summed E-state index contributed by atoms with van der Waals surface area (Å²) in [5.41, 5.74) is 3.24. The Hall–Kier alpha value is -1.79. The number of rotatable bonds is 6. The van der Waals surface area contributed by atoms with Crippen molar-refractivity contribution in [2.75, 3.05) is 46.9 Å². The lowest BCUT2D eigenvalue weighted by atomic mass is 10.0. The maximum atomic E-state index is 12.9. The molecule has 1 atom stereocenters. The van der Waals surface area contributed by atoms with Gasteiger partial charge in [-0.15, -0.1) is 24.8 Å². The van der Waals surface area contributed by atoms with Crippen LogP contribution in [-0.4, -0.2) is 62.5 Å². The van der Waals surface area contributed by atoms with Crippen molar-refractivity contribution >= 4 is 30.6 Å². The fourth-order valence-corrected chi connectivity index (χ4v) is 4.33. The van der Waals surface area contributed by atoms with Crippen molar-refractivity contribution in [1.29, 1.82) is 0 Å². The standard InChI is InChI=1S/C23H28N2O3.2ClH/c1-27-21-13-18-12-19(23(26)20(18)14-22(21)28-2)16-25-10-8-24(9-11-25)15-17-6-4-3-5-7-17;;/h3-7,13-14,19H,8-12,15-16H2,1-2H3;2*1H. The molecule has 0 spiro atoms. The van der Waals surface area contributed by atoms with Crippen LogP contribution in [0.4, 0.5) is 0 Å². The van der Waals surface area contributed by atoms with Gasteiger partial charge in [-0.25, -0.2) is 0 Å². The number of piperazine rings is 1. The van der Waals surface area contributed by atoms with E-state index in [2.05, 4.69) is 40.1 Å². The van der Waals surface area contributed by atoms with Gasteiger partial charge >= 0.3 is 0 Å². The second kappa shape index (κ2) is 11.0. The molecule has 1 fully saturated rings. The summed E-state index contributed by atoms with van der Waals surface area (Å²) in [7, 11) is 3.24. The van der Waals surface area contributed by atoms with Crippen molar-refractivity contribution in [3.8, 4) is 11.5 Å². The molecule has 5 nitrogen and oxygen atoms in total. The van der Waals surface area contributed by atoms with Gasteiger partial charge in [0, 0.05) is 50.7 Å². The monoisotopic (exact) mass is 452 g/mol. The summed E-state index contributed by atoms with van der Waals surface area (Å²) in [6.07, 6.45) is 0.790. The predicted molar refractivity (Wildman–Crippen MR) is 124 cm³/mol. The second-order valence-electron chi connectivity index (χ2n) is 7.69. The topological polar surface area (TPSA) is 42.0 Å². The lowest BCUT2D eigenvalue weighted by Crippen LogP contribution is -2.47. The Morgan fingerprint density at radius 1 is 0.900 bits per heavy atom. The molecule has 164 valence electrons. The first-order chi connectivity index (χ1) is 13.7. The molecule has 1 aliphatic heterocycles. The molecule has 1 saturated heterocycles. The number of halogens is 2. The van der Waals surface area contributed by atoms with Gasteiger partial charge in [0.15, 0.2) is 17.3 Å². The fraction of sp³-hybridized carbons (Fsp3) is 0.435. The molecule has 2 aromatic rings. The molecule has 2 aliphatic rings. The summed E-state index contributed by atoms with van der Waals surface area (Å²) in [5, 5.41) is 0. The average molecular weight is 453 g/mol. The van der Waals surface area contributed by atoms with Crippen LogP contribution < -0.4 is 9.47 Å². The van der Waals surface area contributed by atoms with Gasteiger partial charge in [0.2, 0.25) is 0 Å². The first kappa shape index (κ1) is 24.5. The van der Waals surface area contributed by atoms with E-state index in [1.807, 2.05) is 12.1 Å². The molecule has 1 unspecified atom stereocenters. The molecule has 0 amide bonds. The summed E-state index contributed by atoms with van der Waals surface area (Å²) in [6, 6.07) is 14.4. The molecular formula is C23H30Cl2N2O3. The molecule has 0 bridgehead atoms. The predicted octanol–water partition coefficient (Wildman–Crippen LogP) is 3.72. The van der Waals surface area contributed by atoms with Gasteiger partial charge in [-0.05, 0) is 29.7 Å². The summed E-state index contributed by atoms with van der Waals surface area (Å²) < 4.78 is 10.8. The molecule has 0 N–H and O–H groups in total. The Morgan fingerprint density at radius 2 is 1.50 bits per heavy atom. The Kier molecular flexibility index (Phi) is 8.98. The molecule has 30 heavy (non-hydrogen) atoms. The number of hydrogen-bond acceptors (Lipinski definition) is 5. The largest absolute Gasteiger partial charge is 0.493 e. The van der Waals surface area contributed by atoms with Gasteiger partial charge in [0.1, 0.15) is 0 Å². The molecule has 0 radical (unpaired) electrons. The van der Waals surface area contributed by atoms with Gasteiger partial charge in [0.05, 0.1) is 14.2 Å². The highest BCUT2D eigenvalue weighted by atomic mass is 35.5. The van der Waals surface area contributed by atoms with Gasteiger partial charge in [-0.3, -0.25) is 9.69 Å². The van der Waals surface area contributed by atoms with Crippen LogP contribution in [0.5, 0.6) is 11.5 Å². The first-order valence-corrected chi connectivity index (χ1v) is 9.95. The number of ether oxygens (including phenoxy) is 2. The van der Waals surface area contributed by atoms with E-state index >= 15 is 0 Å². The third kappa shape index (κ3) is 5.27. The number of nitrogens with zero attached hydrogens (tertiary/aromatic N) is 2. The Bertz CT molecular complexity index is 840. The van der Waals surface area contributed by atoms with Crippen molar-refractivity contribution in [1.82, 2.24) is 9.80 Å². The zero-order valence-electron chi connectivity index (χ0n) is 17.5. The number of benzene rings is 2. The normalized spacial score (nSPS) is 18.9. The number of carbonyl (C=O) groups excluding carboxylic acids is 1. The van der Waals surface area contributed by atoms with Crippen molar-refractivity contribution in [2.45, 2.75) is 13.0 Å². The van der Waals surface area contributed by atoms with Crippen LogP contribution >= 0.6 is 24.8 Å². The molecule has 1 heterocycles. The summed E-state index contributed by atoms with van der Waals surface area (Å²) in [5.74, 6) is 1.60. The molecule has 4 rings (SSSR count). The number of carbonyl (C=O) groups is 1. The van der Waals surface area contributed by atoms with Gasteiger partial charge in [0.25, 0.3) is 0 Å². The second-order valence-corrected chi connectivity index (χ2v) is 7.69. The van der Waals surface area contributed by atoms with Crippen molar-refractivity contribution in [3.63, 3.8) is 0 Å². The van der Waals surface area contributed by atoms with Crippen molar-refractivity contribution in [3.05, 3.63) is 59.2 Å². The molecule has 7 heteroatoms. The van der Waals surface area contributed by atoms with Crippen LogP contribution in [0.1, 0.15) is 21.5 Å². The zero-order chi connectivity index (χ0) is 19.5. The van der Waals surface area contributed by atoms with Crippen LogP contribution in [0.15, 0.2) is 42.5 Å². The smallest absolute Gasteiger partial charge is 0.167 e. The van der Waals surface area contributed by atoms with Crippen LogP contribution in [-0.2, 0) is 13.0 Å². The number of Topliss-reactive ketones (excluding diaryl/α,β-unsaturated/α-hetero) is 1.